The van der Waals surface area contributed by atoms with Crippen molar-refractivity contribution in [3.8, 4) is 5.75 Å². The van der Waals surface area contributed by atoms with Gasteiger partial charge >= 0.3 is 6.61 Å². The molecule has 0 bridgehead atoms. The highest BCUT2D eigenvalue weighted by Gasteiger charge is 2.20. The SMILES string of the molecule is CCC(C(=O)Nc1ccc(OC(F)F)c(Cl)c1)n1cc(Br)cn1. The van der Waals surface area contributed by atoms with Crippen LogP contribution in [0.4, 0.5) is 14.5 Å². The number of carbonyl (C=O) groups excluding carboxylic acids is 1. The number of hydrogen-bond donors (Lipinski definition) is 1. The van der Waals surface area contributed by atoms with Crippen LogP contribution < -0.4 is 10.1 Å². The molecule has 2 aromatic rings. The highest BCUT2D eigenvalue weighted by Crippen LogP contribution is 2.29. The first kappa shape index (κ1) is 17.7. The summed E-state index contributed by atoms with van der Waals surface area (Å²) < 4.78 is 30.9. The normalized spacial score (nSPS) is 12.3. The van der Waals surface area contributed by atoms with Crippen molar-refractivity contribution in [3.63, 3.8) is 0 Å². The summed E-state index contributed by atoms with van der Waals surface area (Å²) >= 11 is 9.13. The number of benzene rings is 1. The van der Waals surface area contributed by atoms with E-state index in [1.54, 1.807) is 12.4 Å². The van der Waals surface area contributed by atoms with Crippen LogP contribution in [0.15, 0.2) is 35.1 Å². The molecule has 1 amide bonds. The van der Waals surface area contributed by atoms with E-state index in [-0.39, 0.29) is 16.7 Å². The van der Waals surface area contributed by atoms with Crippen LogP contribution in [-0.2, 0) is 4.79 Å². The Hall–Kier alpha value is -1.67. The minimum Gasteiger partial charge on any atom is -0.433 e. The molecule has 1 unspecified atom stereocenters. The fraction of sp³-hybridized carbons (Fsp3) is 0.286. The summed E-state index contributed by atoms with van der Waals surface area (Å²) in [5, 5.41) is 6.76. The third-order valence-electron chi connectivity index (χ3n) is 2.99. The molecule has 0 aliphatic heterocycles. The van der Waals surface area contributed by atoms with Crippen LogP contribution in [0.25, 0.3) is 0 Å². The van der Waals surface area contributed by atoms with Crippen molar-refractivity contribution in [1.82, 2.24) is 9.78 Å². The molecule has 0 saturated heterocycles. The molecule has 124 valence electrons. The van der Waals surface area contributed by atoms with E-state index in [0.717, 1.165) is 4.47 Å². The Morgan fingerprint density at radius 3 is 2.78 bits per heavy atom. The maximum atomic E-state index is 12.3. The lowest BCUT2D eigenvalue weighted by molar-refractivity contribution is -0.119. The number of aromatic nitrogens is 2. The molecule has 1 aromatic carbocycles. The maximum Gasteiger partial charge on any atom is 0.387 e. The summed E-state index contributed by atoms with van der Waals surface area (Å²) in [7, 11) is 0. The van der Waals surface area contributed by atoms with Gasteiger partial charge in [-0.3, -0.25) is 9.48 Å². The van der Waals surface area contributed by atoms with Crippen molar-refractivity contribution in [2.45, 2.75) is 26.0 Å². The van der Waals surface area contributed by atoms with Crippen molar-refractivity contribution in [2.75, 3.05) is 5.32 Å². The largest absolute Gasteiger partial charge is 0.433 e. The minimum absolute atomic E-state index is 0.0158. The average molecular weight is 409 g/mol. The third kappa shape index (κ3) is 4.65. The number of hydrogen-bond acceptors (Lipinski definition) is 3. The lowest BCUT2D eigenvalue weighted by Gasteiger charge is -2.16. The zero-order chi connectivity index (χ0) is 17.0. The van der Waals surface area contributed by atoms with E-state index < -0.39 is 12.7 Å². The van der Waals surface area contributed by atoms with Gasteiger partial charge in [0.1, 0.15) is 11.8 Å². The van der Waals surface area contributed by atoms with Gasteiger partial charge in [0, 0.05) is 11.9 Å². The molecule has 1 atom stereocenters. The number of anilines is 1. The van der Waals surface area contributed by atoms with Crippen LogP contribution in [0.5, 0.6) is 5.75 Å². The van der Waals surface area contributed by atoms with Crippen molar-refractivity contribution < 1.29 is 18.3 Å². The average Bonchev–Trinajstić information content (AvgIpc) is 2.88. The maximum absolute atomic E-state index is 12.3. The highest BCUT2D eigenvalue weighted by atomic mass is 79.9. The molecule has 0 fully saturated rings. The first-order valence-electron chi connectivity index (χ1n) is 6.65. The van der Waals surface area contributed by atoms with E-state index >= 15 is 0 Å². The van der Waals surface area contributed by atoms with Gasteiger partial charge < -0.3 is 10.1 Å². The van der Waals surface area contributed by atoms with Gasteiger partial charge in [-0.15, -0.1) is 0 Å². The summed E-state index contributed by atoms with van der Waals surface area (Å²) in [5.41, 5.74) is 0.381. The minimum atomic E-state index is -2.96. The number of amides is 1. The number of nitrogens with one attached hydrogen (secondary N) is 1. The standard InChI is InChI=1S/C14H13BrClF2N3O2/c1-2-11(21-7-8(15)6-19-21)13(22)20-9-3-4-12(10(16)5-9)23-14(17)18/h3-7,11,14H,2H2,1H3,(H,20,22). The number of carbonyl (C=O) groups is 1. The van der Waals surface area contributed by atoms with Crippen molar-refractivity contribution >= 4 is 39.1 Å². The van der Waals surface area contributed by atoms with E-state index in [2.05, 4.69) is 31.1 Å². The molecule has 9 heteroatoms. The van der Waals surface area contributed by atoms with Gasteiger partial charge in [-0.25, -0.2) is 0 Å². The second-order valence-corrected chi connectivity index (χ2v) is 5.90. The number of halogens is 4. The topological polar surface area (TPSA) is 56.1 Å². The predicted octanol–water partition coefficient (Wildman–Crippen LogP) is 4.49. The lowest BCUT2D eigenvalue weighted by atomic mass is 10.2. The van der Waals surface area contributed by atoms with Crippen molar-refractivity contribution in [3.05, 3.63) is 40.1 Å². The predicted molar refractivity (Wildman–Crippen MR) is 86.0 cm³/mol. The molecule has 1 heterocycles. The number of alkyl halides is 2. The molecule has 5 nitrogen and oxygen atoms in total. The smallest absolute Gasteiger partial charge is 0.387 e. The van der Waals surface area contributed by atoms with Crippen molar-refractivity contribution in [1.29, 1.82) is 0 Å². The molecule has 0 radical (unpaired) electrons. The molecule has 0 aliphatic carbocycles. The summed E-state index contributed by atoms with van der Waals surface area (Å²) in [6, 6.07) is 3.56. The fourth-order valence-corrected chi connectivity index (χ4v) is 2.50. The van der Waals surface area contributed by atoms with Crippen LogP contribution in [0.3, 0.4) is 0 Å². The van der Waals surface area contributed by atoms with Gasteiger partial charge in [-0.2, -0.15) is 13.9 Å². The molecule has 0 spiro atoms. The zero-order valence-corrected chi connectivity index (χ0v) is 14.3. The van der Waals surface area contributed by atoms with Crippen molar-refractivity contribution in [2.24, 2.45) is 0 Å². The summed E-state index contributed by atoms with van der Waals surface area (Å²) in [6.45, 7) is -1.11. The Labute approximate surface area is 144 Å². The zero-order valence-electron chi connectivity index (χ0n) is 12.0. The van der Waals surface area contributed by atoms with Crippen LogP contribution in [-0.4, -0.2) is 22.3 Å². The van der Waals surface area contributed by atoms with Gasteiger partial charge in [0.15, 0.2) is 0 Å². The fourth-order valence-electron chi connectivity index (χ4n) is 1.97. The Bertz CT molecular complexity index is 696. The molecule has 1 N–H and O–H groups in total. The van der Waals surface area contributed by atoms with Gasteiger partial charge in [0.2, 0.25) is 5.91 Å². The number of rotatable bonds is 6. The van der Waals surface area contributed by atoms with Crippen LogP contribution >= 0.6 is 27.5 Å². The number of ether oxygens (including phenoxy) is 1. The third-order valence-corrected chi connectivity index (χ3v) is 3.70. The van der Waals surface area contributed by atoms with Crippen LogP contribution in [0.2, 0.25) is 5.02 Å². The summed E-state index contributed by atoms with van der Waals surface area (Å²) in [6.07, 6.45) is 3.81. The summed E-state index contributed by atoms with van der Waals surface area (Å²) in [4.78, 5) is 12.3. The first-order chi connectivity index (χ1) is 10.9. The molecule has 0 aliphatic rings. The summed E-state index contributed by atoms with van der Waals surface area (Å²) in [5.74, 6) is -0.440. The second-order valence-electron chi connectivity index (χ2n) is 4.58. The van der Waals surface area contributed by atoms with E-state index in [9.17, 15) is 13.6 Å². The van der Waals surface area contributed by atoms with Gasteiger partial charge in [-0.1, -0.05) is 18.5 Å². The molecule has 0 saturated carbocycles. The van der Waals surface area contributed by atoms with E-state index in [4.69, 9.17) is 11.6 Å². The van der Waals surface area contributed by atoms with Crippen LogP contribution in [0, 0.1) is 0 Å². The Morgan fingerprint density at radius 1 is 1.52 bits per heavy atom. The monoisotopic (exact) mass is 407 g/mol. The van der Waals surface area contributed by atoms with E-state index in [1.165, 1.54) is 22.9 Å². The first-order valence-corrected chi connectivity index (χ1v) is 7.82. The Kier molecular flexibility index (Phi) is 5.95. The molecule has 2 rings (SSSR count). The Morgan fingerprint density at radius 2 is 2.26 bits per heavy atom. The molecular formula is C14H13BrClF2N3O2. The second kappa shape index (κ2) is 7.74. The van der Waals surface area contributed by atoms with E-state index in [0.29, 0.717) is 12.1 Å². The number of nitrogens with zero attached hydrogens (tertiary/aromatic N) is 2. The highest BCUT2D eigenvalue weighted by molar-refractivity contribution is 9.10. The lowest BCUT2D eigenvalue weighted by Crippen LogP contribution is -2.25. The van der Waals surface area contributed by atoms with Crippen LogP contribution in [0.1, 0.15) is 19.4 Å². The molecule has 23 heavy (non-hydrogen) atoms. The van der Waals surface area contributed by atoms with Gasteiger partial charge in [0.25, 0.3) is 0 Å². The Balaban J connectivity index is 2.11. The van der Waals surface area contributed by atoms with Gasteiger partial charge in [0.05, 0.1) is 15.7 Å². The van der Waals surface area contributed by atoms with Gasteiger partial charge in [-0.05, 0) is 40.5 Å². The molecule has 1 aromatic heterocycles. The van der Waals surface area contributed by atoms with E-state index in [1.807, 2.05) is 6.92 Å². The quantitative estimate of drug-likeness (QED) is 0.766. The molecular weight excluding hydrogens is 396 g/mol.